The van der Waals surface area contributed by atoms with Crippen molar-refractivity contribution >= 4 is 52.0 Å². The molecule has 2 heterocycles. The van der Waals surface area contributed by atoms with Crippen LogP contribution in [0.25, 0.3) is 11.3 Å². The molecule has 0 saturated carbocycles. The van der Waals surface area contributed by atoms with Crippen molar-refractivity contribution in [1.29, 1.82) is 0 Å². The Balaban J connectivity index is 1.62. The van der Waals surface area contributed by atoms with Gasteiger partial charge < -0.3 is 13.7 Å². The zero-order valence-electron chi connectivity index (χ0n) is 28.4. The second-order valence-electron chi connectivity index (χ2n) is 13.9. The van der Waals surface area contributed by atoms with Gasteiger partial charge in [0.1, 0.15) is 10.4 Å². The van der Waals surface area contributed by atoms with Crippen molar-refractivity contribution in [2.24, 2.45) is 0 Å². The van der Waals surface area contributed by atoms with Crippen LogP contribution < -0.4 is 10.4 Å². The molecule has 248 valence electrons. The predicted octanol–water partition coefficient (Wildman–Crippen LogP) is 7.97. The fourth-order valence-corrected chi connectivity index (χ4v) is 13.0. The minimum Gasteiger partial charge on any atom is -0.597 e. The number of hydrogen-bond acceptors (Lipinski definition) is 6. The third-order valence-corrected chi connectivity index (χ3v) is 16.0. The zero-order valence-corrected chi connectivity index (χ0v) is 31.8. The molecule has 1 aromatic heterocycles. The number of ether oxygens (including phenoxy) is 1. The molecule has 47 heavy (non-hydrogen) atoms. The second-order valence-corrected chi connectivity index (χ2v) is 21.3. The first-order valence-corrected chi connectivity index (χ1v) is 20.0. The molecule has 0 aliphatic carbocycles. The Kier molecular flexibility index (Phi) is 10.9. The first-order valence-electron chi connectivity index (χ1n) is 16.2. The van der Waals surface area contributed by atoms with Crippen molar-refractivity contribution in [2.75, 3.05) is 13.2 Å². The summed E-state index contributed by atoms with van der Waals surface area (Å²) in [5, 5.41) is 2.27. The molecule has 2 atom stereocenters. The van der Waals surface area contributed by atoms with Gasteiger partial charge in [-0.3, -0.25) is 0 Å². The number of halogens is 1. The van der Waals surface area contributed by atoms with E-state index in [0.29, 0.717) is 25.3 Å². The summed E-state index contributed by atoms with van der Waals surface area (Å²) >= 11 is 2.28. The summed E-state index contributed by atoms with van der Waals surface area (Å²) in [5.74, 6) is -0.464. The largest absolute Gasteiger partial charge is 0.597 e. The van der Waals surface area contributed by atoms with Crippen LogP contribution in [0, 0.1) is 0 Å². The Morgan fingerprint density at radius 1 is 0.957 bits per heavy atom. The highest BCUT2D eigenvalue weighted by Crippen LogP contribution is 2.46. The topological polar surface area (TPSA) is 74.7 Å². The van der Waals surface area contributed by atoms with E-state index in [-0.39, 0.29) is 23.4 Å². The molecular formula is C38H45BrN2O4SSi. The smallest absolute Gasteiger partial charge is 0.356 e. The van der Waals surface area contributed by atoms with Crippen LogP contribution in [-0.2, 0) is 27.1 Å². The SMILES string of the molecule is CCOC(=O)c1cc2c(c(-c3cccc(Br)c3)n1)[C@@H](CCO[Si](c1ccccc1)(c1ccccc1)C(C)(C)C)N([S@+]([O-])C(C)(C)C)C2. The average Bonchev–Trinajstić information content (AvgIpc) is 3.40. The Morgan fingerprint density at radius 2 is 1.57 bits per heavy atom. The maximum atomic E-state index is 14.2. The third-order valence-electron chi connectivity index (χ3n) is 8.60. The number of pyridine rings is 1. The van der Waals surface area contributed by atoms with Crippen LogP contribution in [0.4, 0.5) is 0 Å². The van der Waals surface area contributed by atoms with E-state index in [9.17, 15) is 9.35 Å². The number of fused-ring (bicyclic) bond motifs is 1. The molecule has 0 fully saturated rings. The second kappa shape index (κ2) is 14.4. The Hall–Kier alpha value is -2.79. The van der Waals surface area contributed by atoms with Gasteiger partial charge >= 0.3 is 5.97 Å². The molecule has 0 saturated heterocycles. The van der Waals surface area contributed by atoms with Gasteiger partial charge in [-0.15, -0.1) is 4.31 Å². The van der Waals surface area contributed by atoms with Gasteiger partial charge in [-0.25, -0.2) is 9.78 Å². The molecule has 0 unspecified atom stereocenters. The van der Waals surface area contributed by atoms with E-state index in [0.717, 1.165) is 21.2 Å². The molecule has 0 N–H and O–H groups in total. The van der Waals surface area contributed by atoms with Gasteiger partial charge in [-0.2, -0.15) is 0 Å². The summed E-state index contributed by atoms with van der Waals surface area (Å²) in [4.78, 5) is 17.9. The Bertz CT molecular complexity index is 1650. The van der Waals surface area contributed by atoms with Gasteiger partial charge in [0.15, 0.2) is 0 Å². The Labute approximate surface area is 292 Å². The van der Waals surface area contributed by atoms with Crippen molar-refractivity contribution in [3.05, 3.63) is 112 Å². The summed E-state index contributed by atoms with van der Waals surface area (Å²) in [5.41, 5.74) is 3.76. The molecule has 9 heteroatoms. The summed E-state index contributed by atoms with van der Waals surface area (Å²) in [6.07, 6.45) is 0.598. The molecule has 3 aromatic carbocycles. The lowest BCUT2D eigenvalue weighted by atomic mass is 9.96. The van der Waals surface area contributed by atoms with E-state index in [1.54, 1.807) is 6.92 Å². The highest BCUT2D eigenvalue weighted by Gasteiger charge is 2.51. The average molecular weight is 734 g/mol. The van der Waals surface area contributed by atoms with E-state index < -0.39 is 30.4 Å². The summed E-state index contributed by atoms with van der Waals surface area (Å²) in [7, 11) is -2.79. The van der Waals surface area contributed by atoms with Crippen LogP contribution in [0.15, 0.2) is 95.5 Å². The molecular weight excluding hydrogens is 688 g/mol. The van der Waals surface area contributed by atoms with E-state index in [1.807, 2.05) is 63.2 Å². The Morgan fingerprint density at radius 3 is 2.11 bits per heavy atom. The maximum Gasteiger partial charge on any atom is 0.356 e. The van der Waals surface area contributed by atoms with Gasteiger partial charge in [0.2, 0.25) is 0 Å². The van der Waals surface area contributed by atoms with E-state index >= 15 is 0 Å². The third kappa shape index (κ3) is 7.31. The lowest BCUT2D eigenvalue weighted by Gasteiger charge is -2.43. The van der Waals surface area contributed by atoms with Crippen molar-refractivity contribution < 1.29 is 18.5 Å². The van der Waals surface area contributed by atoms with E-state index in [2.05, 4.69) is 89.5 Å². The molecule has 5 rings (SSSR count). The molecule has 4 aromatic rings. The van der Waals surface area contributed by atoms with Crippen molar-refractivity contribution in [1.82, 2.24) is 9.29 Å². The van der Waals surface area contributed by atoms with Crippen molar-refractivity contribution in [3.63, 3.8) is 0 Å². The van der Waals surface area contributed by atoms with Crippen LogP contribution in [-0.4, -0.2) is 46.1 Å². The van der Waals surface area contributed by atoms with Gasteiger partial charge in [-0.1, -0.05) is 109 Å². The number of hydrogen-bond donors (Lipinski definition) is 0. The van der Waals surface area contributed by atoms with Gasteiger partial charge in [-0.05, 0) is 73.3 Å². The monoisotopic (exact) mass is 732 g/mol. The van der Waals surface area contributed by atoms with Gasteiger partial charge in [0.25, 0.3) is 8.32 Å². The van der Waals surface area contributed by atoms with Gasteiger partial charge in [0.05, 0.1) is 24.9 Å². The molecule has 1 aliphatic rings. The lowest BCUT2D eigenvalue weighted by Crippen LogP contribution is -2.66. The number of rotatable bonds is 10. The summed E-state index contributed by atoms with van der Waals surface area (Å²) < 4.78 is 29.4. The van der Waals surface area contributed by atoms with Crippen LogP contribution in [0.3, 0.4) is 0 Å². The fraction of sp³-hybridized carbons (Fsp3) is 0.368. The predicted molar refractivity (Wildman–Crippen MR) is 198 cm³/mol. The molecule has 0 radical (unpaired) electrons. The number of esters is 1. The van der Waals surface area contributed by atoms with Crippen molar-refractivity contribution in [2.45, 2.75) is 77.3 Å². The maximum absolute atomic E-state index is 14.2. The van der Waals surface area contributed by atoms with Gasteiger partial charge in [0, 0.05) is 33.6 Å². The molecule has 0 amide bonds. The standard InChI is InChI=1S/C38H45BrN2O4SSi/c1-8-44-36(42)32-25-28-26-41(46(43)37(2,3)4)33(34(28)35(40-32)27-16-15-17-29(39)24-27)22-23-45-47(38(5,6)7,30-18-11-9-12-19-30)31-20-13-10-14-21-31/h9-21,24-25,33H,8,22-23,26H2,1-7H3/t33-,46-/m1/s1. The molecule has 1 aliphatic heterocycles. The molecule has 6 nitrogen and oxygen atoms in total. The summed E-state index contributed by atoms with van der Waals surface area (Å²) in [6, 6.07) is 30.8. The quantitative estimate of drug-likeness (QED) is 0.0936. The van der Waals surface area contributed by atoms with E-state index in [4.69, 9.17) is 14.1 Å². The first-order chi connectivity index (χ1) is 22.3. The number of carbonyl (C=O) groups excluding carboxylic acids is 1. The number of carbonyl (C=O) groups is 1. The number of benzene rings is 3. The highest BCUT2D eigenvalue weighted by atomic mass is 79.9. The molecule has 0 spiro atoms. The highest BCUT2D eigenvalue weighted by molar-refractivity contribution is 9.10. The fourth-order valence-electron chi connectivity index (χ4n) is 6.60. The van der Waals surface area contributed by atoms with Crippen LogP contribution >= 0.6 is 15.9 Å². The summed E-state index contributed by atoms with van der Waals surface area (Å²) in [6.45, 7) is 15.7. The minimum atomic E-state index is -2.79. The van der Waals surface area contributed by atoms with Crippen LogP contribution in [0.2, 0.25) is 5.04 Å². The van der Waals surface area contributed by atoms with Crippen molar-refractivity contribution in [3.8, 4) is 11.3 Å². The normalized spacial score (nSPS) is 16.1. The molecule has 0 bridgehead atoms. The van der Waals surface area contributed by atoms with Crippen LogP contribution in [0.1, 0.15) is 82.5 Å². The minimum absolute atomic E-state index is 0.172. The number of aromatic nitrogens is 1. The van der Waals surface area contributed by atoms with Crippen LogP contribution in [0.5, 0.6) is 0 Å². The number of nitrogens with zero attached hydrogens (tertiary/aromatic N) is 2. The lowest BCUT2D eigenvalue weighted by molar-refractivity contribution is 0.0519. The first kappa shape index (κ1) is 35.5. The van der Waals surface area contributed by atoms with E-state index in [1.165, 1.54) is 10.4 Å². The zero-order chi connectivity index (χ0) is 34.0.